The van der Waals surface area contributed by atoms with Gasteiger partial charge in [-0.15, -0.1) is 0 Å². The van der Waals surface area contributed by atoms with Crippen LogP contribution in [0.25, 0.3) is 0 Å². The number of anilines is 1. The molecule has 0 spiro atoms. The number of hydrogen-bond acceptors (Lipinski definition) is 4. The first-order valence-corrected chi connectivity index (χ1v) is 4.55. The standard InChI is InChI=1S/C8H8N4S/c9-6-2-1-3-10-7(6)13-8-11-4-5-12-8/h1-5H,9H2,(H,11,12). The molecule has 0 saturated carbocycles. The van der Waals surface area contributed by atoms with E-state index in [9.17, 15) is 0 Å². The topological polar surface area (TPSA) is 67.6 Å². The van der Waals surface area contributed by atoms with Crippen LogP contribution in [-0.4, -0.2) is 15.0 Å². The van der Waals surface area contributed by atoms with Crippen LogP contribution in [0.1, 0.15) is 0 Å². The van der Waals surface area contributed by atoms with Crippen molar-refractivity contribution in [2.24, 2.45) is 0 Å². The Bertz CT molecular complexity index is 385. The molecule has 4 nitrogen and oxygen atoms in total. The molecule has 2 rings (SSSR count). The molecule has 2 aromatic heterocycles. The third-order valence-electron chi connectivity index (χ3n) is 1.47. The number of rotatable bonds is 2. The summed E-state index contributed by atoms with van der Waals surface area (Å²) in [6.45, 7) is 0. The Balaban J connectivity index is 2.24. The molecule has 0 aliphatic carbocycles. The Kier molecular flexibility index (Phi) is 2.18. The molecule has 0 bridgehead atoms. The minimum absolute atomic E-state index is 0.670. The maximum absolute atomic E-state index is 5.71. The lowest BCUT2D eigenvalue weighted by atomic mass is 10.4. The van der Waals surface area contributed by atoms with E-state index in [4.69, 9.17) is 5.73 Å². The summed E-state index contributed by atoms with van der Waals surface area (Å²) in [5.74, 6) is 0. The van der Waals surface area contributed by atoms with E-state index in [0.29, 0.717) is 5.69 Å². The molecule has 0 fully saturated rings. The molecule has 0 unspecified atom stereocenters. The van der Waals surface area contributed by atoms with Crippen molar-refractivity contribution in [3.05, 3.63) is 30.7 Å². The summed E-state index contributed by atoms with van der Waals surface area (Å²) in [5, 5.41) is 1.57. The Morgan fingerprint density at radius 1 is 1.31 bits per heavy atom. The molecule has 2 aromatic rings. The van der Waals surface area contributed by atoms with Gasteiger partial charge in [0, 0.05) is 18.6 Å². The minimum atomic E-state index is 0.670. The highest BCUT2D eigenvalue weighted by Gasteiger charge is 2.03. The van der Waals surface area contributed by atoms with Crippen molar-refractivity contribution in [1.29, 1.82) is 0 Å². The normalized spacial score (nSPS) is 10.2. The van der Waals surface area contributed by atoms with E-state index in [0.717, 1.165) is 10.2 Å². The van der Waals surface area contributed by atoms with E-state index < -0.39 is 0 Å². The van der Waals surface area contributed by atoms with Gasteiger partial charge in [0.1, 0.15) is 5.03 Å². The van der Waals surface area contributed by atoms with Crippen LogP contribution in [0, 0.1) is 0 Å². The Morgan fingerprint density at radius 3 is 2.92 bits per heavy atom. The summed E-state index contributed by atoms with van der Waals surface area (Å²) in [6, 6.07) is 3.62. The van der Waals surface area contributed by atoms with Crippen molar-refractivity contribution >= 4 is 17.4 Å². The molecular formula is C8H8N4S. The third kappa shape index (κ3) is 1.81. The van der Waals surface area contributed by atoms with Crippen molar-refractivity contribution in [2.75, 3.05) is 5.73 Å². The smallest absolute Gasteiger partial charge is 0.171 e. The van der Waals surface area contributed by atoms with E-state index >= 15 is 0 Å². The third-order valence-corrected chi connectivity index (χ3v) is 2.42. The average molecular weight is 192 g/mol. The number of nitrogen functional groups attached to an aromatic ring is 1. The van der Waals surface area contributed by atoms with Crippen LogP contribution in [-0.2, 0) is 0 Å². The van der Waals surface area contributed by atoms with Gasteiger partial charge >= 0.3 is 0 Å². The van der Waals surface area contributed by atoms with Crippen LogP contribution in [0.2, 0.25) is 0 Å². The molecule has 3 N–H and O–H groups in total. The van der Waals surface area contributed by atoms with Crippen LogP contribution in [0.4, 0.5) is 5.69 Å². The van der Waals surface area contributed by atoms with Crippen molar-refractivity contribution < 1.29 is 0 Å². The zero-order chi connectivity index (χ0) is 9.10. The largest absolute Gasteiger partial charge is 0.397 e. The summed E-state index contributed by atoms with van der Waals surface area (Å²) < 4.78 is 0. The van der Waals surface area contributed by atoms with Crippen molar-refractivity contribution in [1.82, 2.24) is 15.0 Å². The fraction of sp³-hybridized carbons (Fsp3) is 0. The van der Waals surface area contributed by atoms with Gasteiger partial charge in [-0.25, -0.2) is 9.97 Å². The van der Waals surface area contributed by atoms with Gasteiger partial charge in [-0.05, 0) is 23.9 Å². The lowest BCUT2D eigenvalue weighted by molar-refractivity contribution is 1.04. The zero-order valence-electron chi connectivity index (χ0n) is 6.77. The van der Waals surface area contributed by atoms with Crippen molar-refractivity contribution in [2.45, 2.75) is 10.2 Å². The van der Waals surface area contributed by atoms with Crippen LogP contribution in [0.15, 0.2) is 40.9 Å². The first-order chi connectivity index (χ1) is 6.36. The molecule has 0 amide bonds. The fourth-order valence-corrected chi connectivity index (χ4v) is 1.61. The second-order valence-corrected chi connectivity index (χ2v) is 3.37. The number of imidazole rings is 1. The van der Waals surface area contributed by atoms with E-state index in [2.05, 4.69) is 15.0 Å². The van der Waals surface area contributed by atoms with E-state index in [1.54, 1.807) is 18.6 Å². The fourth-order valence-electron chi connectivity index (χ4n) is 0.887. The number of pyridine rings is 1. The number of nitrogens with zero attached hydrogens (tertiary/aromatic N) is 2. The molecule has 0 radical (unpaired) electrons. The monoisotopic (exact) mass is 192 g/mol. The van der Waals surface area contributed by atoms with E-state index in [-0.39, 0.29) is 0 Å². The number of nitrogens with two attached hydrogens (primary N) is 1. The summed E-state index contributed by atoms with van der Waals surface area (Å²) in [5.41, 5.74) is 6.38. The zero-order valence-corrected chi connectivity index (χ0v) is 7.58. The number of nitrogens with one attached hydrogen (secondary N) is 1. The first kappa shape index (κ1) is 8.12. The van der Waals surface area contributed by atoms with E-state index in [1.807, 2.05) is 12.1 Å². The lowest BCUT2D eigenvalue weighted by Gasteiger charge is -1.99. The maximum atomic E-state index is 5.71. The summed E-state index contributed by atoms with van der Waals surface area (Å²) in [4.78, 5) is 11.2. The predicted molar refractivity (Wildman–Crippen MR) is 51.4 cm³/mol. The molecule has 0 aliphatic heterocycles. The van der Waals surface area contributed by atoms with Gasteiger partial charge in [0.05, 0.1) is 5.69 Å². The van der Waals surface area contributed by atoms with Gasteiger partial charge in [0.25, 0.3) is 0 Å². The van der Waals surface area contributed by atoms with Gasteiger partial charge in [-0.1, -0.05) is 0 Å². The van der Waals surface area contributed by atoms with Crippen molar-refractivity contribution in [3.8, 4) is 0 Å². The molecule has 0 atom stereocenters. The Morgan fingerprint density at radius 2 is 2.23 bits per heavy atom. The Labute approximate surface area is 79.6 Å². The van der Waals surface area contributed by atoms with E-state index in [1.165, 1.54) is 11.8 Å². The average Bonchev–Trinajstić information content (AvgIpc) is 2.61. The first-order valence-electron chi connectivity index (χ1n) is 3.74. The highest BCUT2D eigenvalue weighted by Crippen LogP contribution is 2.26. The SMILES string of the molecule is Nc1cccnc1Sc1ncc[nH]1. The predicted octanol–water partition coefficient (Wildman–Crippen LogP) is 1.54. The summed E-state index contributed by atoms with van der Waals surface area (Å²) >= 11 is 1.42. The molecule has 0 saturated heterocycles. The maximum Gasteiger partial charge on any atom is 0.171 e. The summed E-state index contributed by atoms with van der Waals surface area (Å²) in [6.07, 6.45) is 5.17. The molecule has 2 heterocycles. The number of hydrogen-bond donors (Lipinski definition) is 2. The second kappa shape index (κ2) is 3.49. The molecule has 0 aromatic carbocycles. The lowest BCUT2D eigenvalue weighted by Crippen LogP contribution is -1.90. The minimum Gasteiger partial charge on any atom is -0.397 e. The quantitative estimate of drug-likeness (QED) is 0.757. The Hall–Kier alpha value is -1.49. The van der Waals surface area contributed by atoms with Crippen LogP contribution < -0.4 is 5.73 Å². The van der Waals surface area contributed by atoms with Crippen LogP contribution >= 0.6 is 11.8 Å². The van der Waals surface area contributed by atoms with Gasteiger partial charge in [0.2, 0.25) is 0 Å². The number of H-pyrrole nitrogens is 1. The number of aromatic amines is 1. The molecule has 5 heteroatoms. The molecule has 0 aliphatic rings. The summed E-state index contributed by atoms with van der Waals surface area (Å²) in [7, 11) is 0. The molecular weight excluding hydrogens is 184 g/mol. The molecule has 13 heavy (non-hydrogen) atoms. The second-order valence-electron chi connectivity index (χ2n) is 2.39. The van der Waals surface area contributed by atoms with Crippen molar-refractivity contribution in [3.63, 3.8) is 0 Å². The molecule has 66 valence electrons. The van der Waals surface area contributed by atoms with Crippen LogP contribution in [0.5, 0.6) is 0 Å². The highest BCUT2D eigenvalue weighted by atomic mass is 32.2. The van der Waals surface area contributed by atoms with Gasteiger partial charge in [-0.2, -0.15) is 0 Å². The van der Waals surface area contributed by atoms with Crippen LogP contribution in [0.3, 0.4) is 0 Å². The highest BCUT2D eigenvalue weighted by molar-refractivity contribution is 7.99. The van der Waals surface area contributed by atoms with Gasteiger partial charge in [0.15, 0.2) is 5.16 Å². The number of aromatic nitrogens is 3. The van der Waals surface area contributed by atoms with Gasteiger partial charge in [-0.3, -0.25) is 0 Å². The van der Waals surface area contributed by atoms with Gasteiger partial charge < -0.3 is 10.7 Å².